The summed E-state index contributed by atoms with van der Waals surface area (Å²) in [7, 11) is 5.69. The van der Waals surface area contributed by atoms with Gasteiger partial charge >= 0.3 is 12.6 Å². The summed E-state index contributed by atoms with van der Waals surface area (Å²) in [5, 5.41) is 9.74. The second-order valence-corrected chi connectivity index (χ2v) is 6.58. The standard InChI is InChI=1S/C19H27F2N5O3/c1-5-28-17-8-13(6-7-16(17)29-18(20)21)9-22-19(27)23-11-15(25(2)3)14-10-24-26(4)12-14/h6-8,10,12,15,18H,5,9,11H2,1-4H3,(H2,22,23,27). The van der Waals surface area contributed by atoms with E-state index in [2.05, 4.69) is 20.5 Å². The minimum absolute atomic E-state index is 0.0233. The third-order valence-electron chi connectivity index (χ3n) is 4.17. The van der Waals surface area contributed by atoms with E-state index in [-0.39, 0.29) is 30.1 Å². The van der Waals surface area contributed by atoms with E-state index in [0.717, 1.165) is 5.56 Å². The first-order chi connectivity index (χ1) is 13.8. The summed E-state index contributed by atoms with van der Waals surface area (Å²) in [6, 6.07) is 4.20. The Labute approximate surface area is 168 Å². The van der Waals surface area contributed by atoms with Crippen LogP contribution in [0.2, 0.25) is 0 Å². The lowest BCUT2D eigenvalue weighted by atomic mass is 10.1. The van der Waals surface area contributed by atoms with Crippen LogP contribution in [0.1, 0.15) is 24.1 Å². The van der Waals surface area contributed by atoms with Crippen LogP contribution < -0.4 is 20.1 Å². The molecule has 10 heteroatoms. The second-order valence-electron chi connectivity index (χ2n) is 6.58. The van der Waals surface area contributed by atoms with Crippen molar-refractivity contribution in [1.29, 1.82) is 0 Å². The number of nitrogens with one attached hydrogen (secondary N) is 2. The Kier molecular flexibility index (Phi) is 8.20. The Hall–Kier alpha value is -2.88. The van der Waals surface area contributed by atoms with E-state index in [1.54, 1.807) is 29.9 Å². The summed E-state index contributed by atoms with van der Waals surface area (Å²) in [5.41, 5.74) is 1.69. The first-order valence-corrected chi connectivity index (χ1v) is 9.17. The summed E-state index contributed by atoms with van der Waals surface area (Å²) in [5.74, 6) is 0.164. The van der Waals surface area contributed by atoms with Crippen LogP contribution in [0.25, 0.3) is 0 Å². The van der Waals surface area contributed by atoms with Crippen molar-refractivity contribution >= 4 is 6.03 Å². The van der Waals surface area contributed by atoms with Crippen LogP contribution in [0.5, 0.6) is 11.5 Å². The Balaban J connectivity index is 1.91. The molecule has 2 rings (SSSR count). The number of hydrogen-bond donors (Lipinski definition) is 2. The molecule has 0 spiro atoms. The number of nitrogens with zero attached hydrogens (tertiary/aromatic N) is 3. The normalized spacial score (nSPS) is 12.1. The fourth-order valence-corrected chi connectivity index (χ4v) is 2.77. The number of aryl methyl sites for hydroxylation is 1. The van der Waals surface area contributed by atoms with Gasteiger partial charge in [0.1, 0.15) is 0 Å². The fourth-order valence-electron chi connectivity index (χ4n) is 2.77. The number of benzene rings is 1. The van der Waals surface area contributed by atoms with Gasteiger partial charge in [0.25, 0.3) is 0 Å². The molecule has 0 bridgehead atoms. The third-order valence-corrected chi connectivity index (χ3v) is 4.17. The average Bonchev–Trinajstić information content (AvgIpc) is 3.07. The zero-order valence-electron chi connectivity index (χ0n) is 17.0. The van der Waals surface area contributed by atoms with Crippen molar-refractivity contribution in [3.05, 3.63) is 41.7 Å². The van der Waals surface area contributed by atoms with Gasteiger partial charge in [0, 0.05) is 31.9 Å². The van der Waals surface area contributed by atoms with Crippen molar-refractivity contribution < 1.29 is 23.0 Å². The Morgan fingerprint density at radius 2 is 2.03 bits per heavy atom. The maximum Gasteiger partial charge on any atom is 0.387 e. The number of rotatable bonds is 10. The molecule has 1 atom stereocenters. The van der Waals surface area contributed by atoms with E-state index in [1.807, 2.05) is 32.2 Å². The summed E-state index contributed by atoms with van der Waals surface area (Å²) in [4.78, 5) is 14.2. The van der Waals surface area contributed by atoms with Gasteiger partial charge in [-0.05, 0) is 38.7 Å². The Bertz CT molecular complexity index is 798. The highest BCUT2D eigenvalue weighted by atomic mass is 19.3. The van der Waals surface area contributed by atoms with Crippen molar-refractivity contribution in [2.75, 3.05) is 27.2 Å². The van der Waals surface area contributed by atoms with Gasteiger partial charge in [-0.2, -0.15) is 13.9 Å². The van der Waals surface area contributed by atoms with Gasteiger partial charge in [-0.3, -0.25) is 4.68 Å². The van der Waals surface area contributed by atoms with E-state index in [4.69, 9.17) is 4.74 Å². The highest BCUT2D eigenvalue weighted by molar-refractivity contribution is 5.73. The largest absolute Gasteiger partial charge is 0.490 e. The van der Waals surface area contributed by atoms with Crippen LogP contribution in [-0.2, 0) is 13.6 Å². The fraction of sp³-hybridized carbons (Fsp3) is 0.474. The molecular formula is C19H27F2N5O3. The third kappa shape index (κ3) is 6.90. The maximum absolute atomic E-state index is 12.5. The molecule has 2 N–H and O–H groups in total. The predicted molar refractivity (Wildman–Crippen MR) is 104 cm³/mol. The first-order valence-electron chi connectivity index (χ1n) is 9.17. The van der Waals surface area contributed by atoms with Crippen molar-refractivity contribution in [2.45, 2.75) is 26.1 Å². The van der Waals surface area contributed by atoms with Gasteiger partial charge < -0.3 is 25.0 Å². The SMILES string of the molecule is CCOc1cc(CNC(=O)NCC(c2cnn(C)c2)N(C)C)ccc1OC(F)F. The van der Waals surface area contributed by atoms with Crippen LogP contribution in [0, 0.1) is 0 Å². The van der Waals surface area contributed by atoms with E-state index in [9.17, 15) is 13.6 Å². The molecule has 0 saturated heterocycles. The number of halogens is 2. The van der Waals surface area contributed by atoms with Crippen LogP contribution in [-0.4, -0.2) is 54.6 Å². The molecule has 8 nitrogen and oxygen atoms in total. The molecule has 0 radical (unpaired) electrons. The van der Waals surface area contributed by atoms with E-state index >= 15 is 0 Å². The topological polar surface area (TPSA) is 80.7 Å². The number of hydrogen-bond acceptors (Lipinski definition) is 5. The van der Waals surface area contributed by atoms with E-state index < -0.39 is 6.61 Å². The zero-order valence-corrected chi connectivity index (χ0v) is 17.0. The lowest BCUT2D eigenvalue weighted by Gasteiger charge is -2.23. The molecule has 2 amide bonds. The zero-order chi connectivity index (χ0) is 21.4. The average molecular weight is 411 g/mol. The second kappa shape index (κ2) is 10.6. The lowest BCUT2D eigenvalue weighted by Crippen LogP contribution is -2.40. The number of amides is 2. The van der Waals surface area contributed by atoms with Gasteiger partial charge in [0.15, 0.2) is 11.5 Å². The van der Waals surface area contributed by atoms with Crippen LogP contribution in [0.15, 0.2) is 30.6 Å². The van der Waals surface area contributed by atoms with Crippen LogP contribution in [0.4, 0.5) is 13.6 Å². The maximum atomic E-state index is 12.5. The molecule has 0 aliphatic rings. The number of carbonyl (C=O) groups excluding carboxylic acids is 1. The van der Waals surface area contributed by atoms with Crippen LogP contribution >= 0.6 is 0 Å². The molecule has 1 aromatic heterocycles. The van der Waals surface area contributed by atoms with Gasteiger partial charge in [0.05, 0.1) is 18.8 Å². The Morgan fingerprint density at radius 3 is 2.62 bits per heavy atom. The smallest absolute Gasteiger partial charge is 0.387 e. The van der Waals surface area contributed by atoms with Gasteiger partial charge in [0.2, 0.25) is 0 Å². The minimum atomic E-state index is -2.94. The number of likely N-dealkylation sites (N-methyl/N-ethyl adjacent to an activating group) is 1. The van der Waals surface area contributed by atoms with Crippen molar-refractivity contribution in [1.82, 2.24) is 25.3 Å². The number of urea groups is 1. The minimum Gasteiger partial charge on any atom is -0.490 e. The quantitative estimate of drug-likeness (QED) is 0.628. The van der Waals surface area contributed by atoms with E-state index in [0.29, 0.717) is 18.7 Å². The first kappa shape index (κ1) is 22.4. The van der Waals surface area contributed by atoms with Gasteiger partial charge in [-0.25, -0.2) is 4.79 Å². The molecule has 0 aliphatic heterocycles. The highest BCUT2D eigenvalue weighted by Crippen LogP contribution is 2.29. The van der Waals surface area contributed by atoms with E-state index in [1.165, 1.54) is 6.07 Å². The van der Waals surface area contributed by atoms with Crippen molar-refractivity contribution in [3.63, 3.8) is 0 Å². The molecule has 1 unspecified atom stereocenters. The number of alkyl halides is 2. The predicted octanol–water partition coefficient (Wildman–Crippen LogP) is 2.52. The highest BCUT2D eigenvalue weighted by Gasteiger charge is 2.17. The van der Waals surface area contributed by atoms with Gasteiger partial charge in [-0.1, -0.05) is 6.07 Å². The number of carbonyl (C=O) groups is 1. The summed E-state index contributed by atoms with van der Waals surface area (Å²) >= 11 is 0. The molecule has 1 heterocycles. The summed E-state index contributed by atoms with van der Waals surface area (Å²) < 4.78 is 36.4. The number of aromatic nitrogens is 2. The Morgan fingerprint density at radius 1 is 1.28 bits per heavy atom. The molecule has 0 saturated carbocycles. The summed E-state index contributed by atoms with van der Waals surface area (Å²) in [6.07, 6.45) is 3.67. The molecular weight excluding hydrogens is 384 g/mol. The molecule has 0 aliphatic carbocycles. The molecule has 29 heavy (non-hydrogen) atoms. The van der Waals surface area contributed by atoms with Crippen molar-refractivity contribution in [3.8, 4) is 11.5 Å². The molecule has 160 valence electrons. The number of ether oxygens (including phenoxy) is 2. The van der Waals surface area contributed by atoms with Gasteiger partial charge in [-0.15, -0.1) is 0 Å². The molecule has 0 fully saturated rings. The summed E-state index contributed by atoms with van der Waals surface area (Å²) in [6.45, 7) is -0.282. The van der Waals surface area contributed by atoms with Crippen LogP contribution in [0.3, 0.4) is 0 Å². The lowest BCUT2D eigenvalue weighted by molar-refractivity contribution is -0.0514. The monoisotopic (exact) mass is 411 g/mol. The van der Waals surface area contributed by atoms with Crippen molar-refractivity contribution in [2.24, 2.45) is 7.05 Å². The molecule has 1 aromatic carbocycles. The molecule has 2 aromatic rings.